The highest BCUT2D eigenvalue weighted by Crippen LogP contribution is 2.30. The lowest BCUT2D eigenvalue weighted by molar-refractivity contribution is 0.102. The van der Waals surface area contributed by atoms with E-state index in [1.54, 1.807) is 42.5 Å². The summed E-state index contributed by atoms with van der Waals surface area (Å²) in [6.07, 6.45) is 0. The summed E-state index contributed by atoms with van der Waals surface area (Å²) >= 11 is 1.25. The number of aryl methyl sites for hydroxylation is 1. The van der Waals surface area contributed by atoms with E-state index in [4.69, 9.17) is 5.26 Å². The molecule has 7 nitrogen and oxygen atoms in total. The number of carbonyl (C=O) groups excluding carboxylic acids is 2. The van der Waals surface area contributed by atoms with Crippen LogP contribution in [-0.2, 0) is 0 Å². The molecule has 0 aliphatic carbocycles. The molecule has 2 aromatic carbocycles. The highest BCUT2D eigenvalue weighted by Gasteiger charge is 2.17. The molecular weight excluding hydrogens is 386 g/mol. The molecule has 142 valence electrons. The lowest BCUT2D eigenvalue weighted by Crippen LogP contribution is -2.13. The van der Waals surface area contributed by atoms with Crippen molar-refractivity contribution in [3.05, 3.63) is 76.2 Å². The first-order valence-electron chi connectivity index (χ1n) is 8.71. The molecular formula is C21H15N5O2S. The number of thiophene rings is 1. The summed E-state index contributed by atoms with van der Waals surface area (Å²) in [6, 6.07) is 17.6. The number of benzene rings is 2. The molecule has 0 aliphatic rings. The monoisotopic (exact) mass is 401 g/mol. The number of aromatic amines is 1. The number of nitrogens with one attached hydrogen (secondary N) is 3. The van der Waals surface area contributed by atoms with Gasteiger partial charge in [-0.05, 0) is 48.9 Å². The Hall–Kier alpha value is -3.96. The molecule has 0 saturated carbocycles. The normalized spacial score (nSPS) is 10.5. The molecule has 4 rings (SSSR count). The van der Waals surface area contributed by atoms with E-state index in [1.807, 2.05) is 25.1 Å². The smallest absolute Gasteiger partial charge is 0.265 e. The fraction of sp³-hybridized carbons (Fsp3) is 0.0476. The maximum Gasteiger partial charge on any atom is 0.265 e. The number of aromatic nitrogens is 2. The van der Waals surface area contributed by atoms with Crippen molar-refractivity contribution in [3.63, 3.8) is 0 Å². The Bertz CT molecular complexity index is 1260. The molecule has 2 aromatic heterocycles. The lowest BCUT2D eigenvalue weighted by Gasteiger charge is -2.05. The Morgan fingerprint density at radius 1 is 1.07 bits per heavy atom. The van der Waals surface area contributed by atoms with Crippen molar-refractivity contribution >= 4 is 44.9 Å². The summed E-state index contributed by atoms with van der Waals surface area (Å²) in [5.74, 6) is -0.159. The van der Waals surface area contributed by atoms with Crippen LogP contribution >= 0.6 is 11.3 Å². The van der Waals surface area contributed by atoms with E-state index in [1.165, 1.54) is 11.3 Å². The molecule has 0 unspecified atom stereocenters. The molecule has 0 atom stereocenters. The van der Waals surface area contributed by atoms with E-state index in [9.17, 15) is 9.59 Å². The Morgan fingerprint density at radius 2 is 1.83 bits per heavy atom. The topological polar surface area (TPSA) is 111 Å². The van der Waals surface area contributed by atoms with Gasteiger partial charge in [0, 0.05) is 11.3 Å². The van der Waals surface area contributed by atoms with E-state index >= 15 is 0 Å². The number of hydrogen-bond donors (Lipinski definition) is 3. The van der Waals surface area contributed by atoms with Crippen LogP contribution in [0.1, 0.15) is 31.2 Å². The maximum absolute atomic E-state index is 12.5. The first-order chi connectivity index (χ1) is 14.0. The van der Waals surface area contributed by atoms with Crippen LogP contribution in [0.3, 0.4) is 0 Å². The second-order valence-corrected chi connectivity index (χ2v) is 7.39. The number of nitrogens with zero attached hydrogens (tertiary/aromatic N) is 2. The van der Waals surface area contributed by atoms with Crippen LogP contribution in [0.25, 0.3) is 10.2 Å². The van der Waals surface area contributed by atoms with Crippen molar-refractivity contribution in [2.24, 2.45) is 0 Å². The minimum atomic E-state index is -0.277. The minimum absolute atomic E-state index is 0.258. The summed E-state index contributed by atoms with van der Waals surface area (Å²) < 4.78 is 0. The first kappa shape index (κ1) is 18.4. The molecule has 4 aromatic rings. The number of nitriles is 1. The molecule has 2 amide bonds. The van der Waals surface area contributed by atoms with Gasteiger partial charge >= 0.3 is 0 Å². The van der Waals surface area contributed by atoms with E-state index in [0.29, 0.717) is 37.7 Å². The second-order valence-electron chi connectivity index (χ2n) is 6.34. The number of H-pyrrole nitrogens is 1. The Morgan fingerprint density at radius 3 is 2.55 bits per heavy atom. The van der Waals surface area contributed by atoms with Gasteiger partial charge in [-0.15, -0.1) is 11.3 Å². The molecule has 0 aliphatic heterocycles. The van der Waals surface area contributed by atoms with Gasteiger partial charge in [0.1, 0.15) is 4.83 Å². The van der Waals surface area contributed by atoms with Crippen molar-refractivity contribution in [2.45, 2.75) is 6.92 Å². The molecule has 3 N–H and O–H groups in total. The summed E-state index contributed by atoms with van der Waals surface area (Å²) in [4.78, 5) is 26.3. The van der Waals surface area contributed by atoms with Gasteiger partial charge < -0.3 is 10.6 Å². The van der Waals surface area contributed by atoms with Crippen LogP contribution < -0.4 is 10.6 Å². The summed E-state index contributed by atoms with van der Waals surface area (Å²) in [7, 11) is 0. The van der Waals surface area contributed by atoms with Crippen LogP contribution in [0, 0.1) is 18.3 Å². The Labute approximate surface area is 170 Å². The second kappa shape index (κ2) is 7.58. The summed E-state index contributed by atoms with van der Waals surface area (Å²) in [6.45, 7) is 1.87. The SMILES string of the molecule is Cc1ccccc1C(=O)Nc1n[nH]c2sc(C(=O)Nc3ccc(C#N)cc3)cc12. The van der Waals surface area contributed by atoms with Crippen molar-refractivity contribution < 1.29 is 9.59 Å². The van der Waals surface area contributed by atoms with Gasteiger partial charge in [-0.1, -0.05) is 18.2 Å². The molecule has 0 fully saturated rings. The van der Waals surface area contributed by atoms with Crippen LogP contribution in [0.2, 0.25) is 0 Å². The summed E-state index contributed by atoms with van der Waals surface area (Å²) in [5, 5.41) is 22.1. The highest BCUT2D eigenvalue weighted by molar-refractivity contribution is 7.20. The van der Waals surface area contributed by atoms with Crippen molar-refractivity contribution in [2.75, 3.05) is 10.6 Å². The molecule has 0 spiro atoms. The molecule has 0 saturated heterocycles. The van der Waals surface area contributed by atoms with Gasteiger partial charge in [0.15, 0.2) is 5.82 Å². The molecule has 0 bridgehead atoms. The molecule has 8 heteroatoms. The Kier molecular flexibility index (Phi) is 4.81. The van der Waals surface area contributed by atoms with E-state index < -0.39 is 0 Å². The van der Waals surface area contributed by atoms with Gasteiger partial charge in [0.25, 0.3) is 11.8 Å². The first-order valence-corrected chi connectivity index (χ1v) is 9.53. The zero-order valence-electron chi connectivity index (χ0n) is 15.3. The third-order valence-corrected chi connectivity index (χ3v) is 5.41. The van der Waals surface area contributed by atoms with Gasteiger partial charge in [0.05, 0.1) is 21.9 Å². The van der Waals surface area contributed by atoms with E-state index in [-0.39, 0.29) is 11.8 Å². The van der Waals surface area contributed by atoms with E-state index in [0.717, 1.165) is 5.56 Å². The zero-order valence-corrected chi connectivity index (χ0v) is 16.1. The molecule has 0 radical (unpaired) electrons. The number of hydrogen-bond acceptors (Lipinski definition) is 5. The number of rotatable bonds is 4. The summed E-state index contributed by atoms with van der Waals surface area (Å²) in [5.41, 5.74) is 2.55. The standard InChI is InChI=1S/C21H15N5O2S/c1-12-4-2-3-5-15(12)19(27)24-18-16-10-17(29-21(16)26-25-18)20(28)23-14-8-6-13(11-22)7-9-14/h2-10H,1H3,(H,23,28)(H2,24,25,26,27). The average molecular weight is 401 g/mol. The highest BCUT2D eigenvalue weighted by atomic mass is 32.1. The van der Waals surface area contributed by atoms with Crippen molar-refractivity contribution in [3.8, 4) is 6.07 Å². The number of fused-ring (bicyclic) bond motifs is 1. The number of carbonyl (C=O) groups is 2. The van der Waals surface area contributed by atoms with E-state index in [2.05, 4.69) is 20.8 Å². The van der Waals surface area contributed by atoms with Crippen LogP contribution in [-0.4, -0.2) is 22.0 Å². The van der Waals surface area contributed by atoms with Crippen LogP contribution in [0.5, 0.6) is 0 Å². The average Bonchev–Trinajstić information content (AvgIpc) is 3.31. The van der Waals surface area contributed by atoms with Crippen molar-refractivity contribution in [1.29, 1.82) is 5.26 Å². The van der Waals surface area contributed by atoms with Crippen molar-refractivity contribution in [1.82, 2.24) is 10.2 Å². The maximum atomic E-state index is 12.5. The third kappa shape index (κ3) is 3.72. The van der Waals surface area contributed by atoms with Gasteiger partial charge in [-0.2, -0.15) is 10.4 Å². The molecule has 2 heterocycles. The zero-order chi connectivity index (χ0) is 20.4. The molecule has 29 heavy (non-hydrogen) atoms. The quantitative estimate of drug-likeness (QED) is 0.473. The number of anilines is 2. The third-order valence-electron chi connectivity index (χ3n) is 4.37. The van der Waals surface area contributed by atoms with Gasteiger partial charge in [-0.25, -0.2) is 0 Å². The predicted octanol–water partition coefficient (Wildman–Crippen LogP) is 4.31. The minimum Gasteiger partial charge on any atom is -0.321 e. The fourth-order valence-electron chi connectivity index (χ4n) is 2.85. The number of amides is 2. The van der Waals surface area contributed by atoms with Gasteiger partial charge in [0.2, 0.25) is 0 Å². The lowest BCUT2D eigenvalue weighted by atomic mass is 10.1. The fourth-order valence-corrected chi connectivity index (χ4v) is 3.74. The van der Waals surface area contributed by atoms with Crippen LogP contribution in [0.15, 0.2) is 54.6 Å². The Balaban J connectivity index is 1.53. The van der Waals surface area contributed by atoms with Crippen LogP contribution in [0.4, 0.5) is 11.5 Å². The van der Waals surface area contributed by atoms with Gasteiger partial charge in [-0.3, -0.25) is 14.7 Å². The predicted molar refractivity (Wildman–Crippen MR) is 112 cm³/mol. The largest absolute Gasteiger partial charge is 0.321 e.